The molecule has 2 aromatic carbocycles. The van der Waals surface area contributed by atoms with Gasteiger partial charge in [-0.3, -0.25) is 9.59 Å². The minimum atomic E-state index is -0.880. The predicted molar refractivity (Wildman–Crippen MR) is 100.0 cm³/mol. The van der Waals surface area contributed by atoms with Crippen LogP contribution in [0.4, 0.5) is 15.9 Å². The van der Waals surface area contributed by atoms with Crippen LogP contribution in [0.3, 0.4) is 0 Å². The number of nitrogens with zero attached hydrogens (tertiary/aromatic N) is 2. The van der Waals surface area contributed by atoms with Gasteiger partial charge in [-0.25, -0.2) is 9.07 Å². The predicted octanol–water partition coefficient (Wildman–Crippen LogP) is 3.86. The minimum absolute atomic E-state index is 0.0557. The van der Waals surface area contributed by atoms with Crippen molar-refractivity contribution in [2.24, 2.45) is 0 Å². The number of carbonyl (C=O) groups excluding carboxylic acids is 2. The van der Waals surface area contributed by atoms with E-state index in [4.69, 9.17) is 11.6 Å². The van der Waals surface area contributed by atoms with E-state index in [2.05, 4.69) is 15.7 Å². The van der Waals surface area contributed by atoms with Crippen LogP contribution < -0.4 is 10.6 Å². The first-order valence-electron chi connectivity index (χ1n) is 8.21. The molecule has 1 atom stereocenters. The Balaban J connectivity index is 1.67. The number of anilines is 2. The summed E-state index contributed by atoms with van der Waals surface area (Å²) in [5.41, 5.74) is 1.53. The first-order valence-corrected chi connectivity index (χ1v) is 8.59. The van der Waals surface area contributed by atoms with Gasteiger partial charge in [-0.15, -0.1) is 0 Å². The largest absolute Gasteiger partial charge is 0.322 e. The van der Waals surface area contributed by atoms with Crippen molar-refractivity contribution in [2.45, 2.75) is 12.5 Å². The van der Waals surface area contributed by atoms with Crippen molar-refractivity contribution in [1.29, 1.82) is 0 Å². The van der Waals surface area contributed by atoms with E-state index in [0.717, 1.165) is 5.56 Å². The summed E-state index contributed by atoms with van der Waals surface area (Å²) in [5.74, 6) is -0.954. The maximum Gasteiger partial charge on any atom is 0.249 e. The average Bonchev–Trinajstić information content (AvgIpc) is 3.07. The molecule has 0 saturated heterocycles. The first-order chi connectivity index (χ1) is 13.0. The maximum absolute atomic E-state index is 13.8. The van der Waals surface area contributed by atoms with E-state index < -0.39 is 17.8 Å². The summed E-state index contributed by atoms with van der Waals surface area (Å²) in [6, 6.07) is 12.0. The summed E-state index contributed by atoms with van der Waals surface area (Å²) in [6.45, 7) is 0. The van der Waals surface area contributed by atoms with Crippen LogP contribution >= 0.6 is 11.6 Å². The zero-order valence-corrected chi connectivity index (χ0v) is 14.7. The van der Waals surface area contributed by atoms with E-state index in [1.165, 1.54) is 22.9 Å². The molecule has 0 saturated carbocycles. The number of hydrogen-bond acceptors (Lipinski definition) is 3. The van der Waals surface area contributed by atoms with Crippen LogP contribution in [0.25, 0.3) is 11.1 Å². The topological polar surface area (TPSA) is 76.0 Å². The van der Waals surface area contributed by atoms with Gasteiger partial charge in [0.05, 0.1) is 18.3 Å². The molecule has 136 valence electrons. The summed E-state index contributed by atoms with van der Waals surface area (Å²) in [4.78, 5) is 24.9. The molecule has 0 bridgehead atoms. The molecule has 4 rings (SSSR count). The standard InChI is InChI=1S/C19H14ClFN4O2/c20-12-7-5-11(6-8-12)13-10-22-25-16(9-17(26)24-18(13)25)19(27)23-15-4-2-1-3-14(15)21/h1-8,10,16H,9H2,(H,23,27)(H,24,26)/t16-/m1/s1. The van der Waals surface area contributed by atoms with Crippen LogP contribution in [0, 0.1) is 5.82 Å². The van der Waals surface area contributed by atoms with Gasteiger partial charge in [-0.05, 0) is 29.8 Å². The number of fused-ring (bicyclic) bond motifs is 1. The molecule has 27 heavy (non-hydrogen) atoms. The van der Waals surface area contributed by atoms with Crippen LogP contribution in [0.1, 0.15) is 12.5 Å². The summed E-state index contributed by atoms with van der Waals surface area (Å²) >= 11 is 5.92. The quantitative estimate of drug-likeness (QED) is 0.719. The normalized spacial score (nSPS) is 15.8. The molecule has 0 radical (unpaired) electrons. The number of hydrogen-bond donors (Lipinski definition) is 2. The fourth-order valence-corrected chi connectivity index (χ4v) is 3.12. The number of para-hydroxylation sites is 1. The molecule has 0 aliphatic carbocycles. The minimum Gasteiger partial charge on any atom is -0.322 e. The highest BCUT2D eigenvalue weighted by molar-refractivity contribution is 6.30. The Morgan fingerprint density at radius 3 is 2.70 bits per heavy atom. The molecule has 2 amide bonds. The van der Waals surface area contributed by atoms with Gasteiger partial charge in [0.2, 0.25) is 11.8 Å². The van der Waals surface area contributed by atoms with Crippen molar-refractivity contribution < 1.29 is 14.0 Å². The third kappa shape index (κ3) is 3.29. The molecule has 2 N–H and O–H groups in total. The lowest BCUT2D eigenvalue weighted by atomic mass is 10.1. The Morgan fingerprint density at radius 2 is 1.96 bits per heavy atom. The molecule has 8 heteroatoms. The van der Waals surface area contributed by atoms with Gasteiger partial charge < -0.3 is 10.6 Å². The second-order valence-corrected chi connectivity index (χ2v) is 6.53. The highest BCUT2D eigenvalue weighted by Crippen LogP contribution is 2.34. The number of halogens is 2. The van der Waals surface area contributed by atoms with Crippen LogP contribution in [0.5, 0.6) is 0 Å². The lowest BCUT2D eigenvalue weighted by molar-refractivity contribution is -0.125. The molecule has 1 aromatic heterocycles. The molecule has 6 nitrogen and oxygen atoms in total. The smallest absolute Gasteiger partial charge is 0.249 e. The molecule has 1 aliphatic heterocycles. The SMILES string of the molecule is O=C1C[C@H](C(=O)Nc2ccccc2F)n2ncc(-c3ccc(Cl)cc3)c2N1. The fourth-order valence-electron chi connectivity index (χ4n) is 2.99. The van der Waals surface area contributed by atoms with E-state index in [1.54, 1.807) is 36.5 Å². The van der Waals surface area contributed by atoms with E-state index in [-0.39, 0.29) is 18.0 Å². The van der Waals surface area contributed by atoms with Crippen LogP contribution in [0.15, 0.2) is 54.7 Å². The van der Waals surface area contributed by atoms with E-state index >= 15 is 0 Å². The Kier molecular flexibility index (Phi) is 4.37. The Labute approximate surface area is 158 Å². The lowest BCUT2D eigenvalue weighted by Gasteiger charge is -2.24. The first kappa shape index (κ1) is 17.2. The maximum atomic E-state index is 13.8. The van der Waals surface area contributed by atoms with Crippen molar-refractivity contribution in [3.05, 3.63) is 65.6 Å². The van der Waals surface area contributed by atoms with E-state index in [1.807, 2.05) is 0 Å². The number of benzene rings is 2. The number of carbonyl (C=O) groups is 2. The summed E-state index contributed by atoms with van der Waals surface area (Å²) < 4.78 is 15.3. The monoisotopic (exact) mass is 384 g/mol. The average molecular weight is 385 g/mol. The lowest BCUT2D eigenvalue weighted by Crippen LogP contribution is -2.36. The highest BCUT2D eigenvalue weighted by atomic mass is 35.5. The van der Waals surface area contributed by atoms with Crippen molar-refractivity contribution in [3.63, 3.8) is 0 Å². The molecule has 0 spiro atoms. The number of nitrogens with one attached hydrogen (secondary N) is 2. The second kappa shape index (κ2) is 6.85. The van der Waals surface area contributed by atoms with Crippen LogP contribution in [-0.4, -0.2) is 21.6 Å². The second-order valence-electron chi connectivity index (χ2n) is 6.10. The molecule has 0 fully saturated rings. The van der Waals surface area contributed by atoms with Gasteiger partial charge in [-0.1, -0.05) is 35.9 Å². The molecular formula is C19H14ClFN4O2. The van der Waals surface area contributed by atoms with Gasteiger partial charge in [0.15, 0.2) is 0 Å². The highest BCUT2D eigenvalue weighted by Gasteiger charge is 2.33. The zero-order valence-electron chi connectivity index (χ0n) is 13.9. The van der Waals surface area contributed by atoms with Gasteiger partial charge in [-0.2, -0.15) is 5.10 Å². The van der Waals surface area contributed by atoms with E-state index in [0.29, 0.717) is 16.4 Å². The van der Waals surface area contributed by atoms with Gasteiger partial charge >= 0.3 is 0 Å². The summed E-state index contributed by atoms with van der Waals surface area (Å²) in [6.07, 6.45) is 1.49. The van der Waals surface area contributed by atoms with Gasteiger partial charge in [0.25, 0.3) is 0 Å². The number of amides is 2. The Bertz CT molecular complexity index is 1030. The van der Waals surface area contributed by atoms with Gasteiger partial charge in [0.1, 0.15) is 17.7 Å². The molecule has 0 unspecified atom stereocenters. The summed E-state index contributed by atoms with van der Waals surface area (Å²) in [5, 5.41) is 10.1. The molecule has 1 aliphatic rings. The molecule has 2 heterocycles. The third-order valence-corrected chi connectivity index (χ3v) is 4.57. The van der Waals surface area contributed by atoms with Crippen molar-refractivity contribution in [2.75, 3.05) is 10.6 Å². The zero-order chi connectivity index (χ0) is 19.0. The number of rotatable bonds is 3. The van der Waals surface area contributed by atoms with Crippen molar-refractivity contribution in [1.82, 2.24) is 9.78 Å². The fraction of sp³-hybridized carbons (Fsp3) is 0.105. The Hall–Kier alpha value is -3.19. The van der Waals surface area contributed by atoms with Crippen molar-refractivity contribution >= 4 is 34.9 Å². The van der Waals surface area contributed by atoms with E-state index in [9.17, 15) is 14.0 Å². The molecule has 3 aromatic rings. The van der Waals surface area contributed by atoms with Crippen molar-refractivity contribution in [3.8, 4) is 11.1 Å². The summed E-state index contributed by atoms with van der Waals surface area (Å²) in [7, 11) is 0. The number of aromatic nitrogens is 2. The van der Waals surface area contributed by atoms with Gasteiger partial charge in [0, 0.05) is 10.6 Å². The molecular weight excluding hydrogens is 371 g/mol. The van der Waals surface area contributed by atoms with Crippen LogP contribution in [0.2, 0.25) is 5.02 Å². The third-order valence-electron chi connectivity index (χ3n) is 4.32. The van der Waals surface area contributed by atoms with Crippen LogP contribution in [-0.2, 0) is 9.59 Å². The Morgan fingerprint density at radius 1 is 1.22 bits per heavy atom.